The molecule has 0 bridgehead atoms. The van der Waals surface area contributed by atoms with Crippen LogP contribution in [-0.2, 0) is 0 Å². The molecule has 0 fully saturated rings. The van der Waals surface area contributed by atoms with Gasteiger partial charge >= 0.3 is 18.9 Å². The fourth-order valence-electron chi connectivity index (χ4n) is 0. The van der Waals surface area contributed by atoms with Crippen LogP contribution in [0.15, 0.2) is 6.58 Å². The predicted octanol–water partition coefficient (Wildman–Crippen LogP) is -2.46. The molecule has 1 N–H and O–H groups in total. The van der Waals surface area contributed by atoms with Gasteiger partial charge in [0.05, 0.1) is 0 Å². The van der Waals surface area contributed by atoms with Crippen LogP contribution in [0.3, 0.4) is 0 Å². The smallest absolute Gasteiger partial charge is 1.00 e. The first kappa shape index (κ1) is 8.97. The molecule has 0 saturated heterocycles. The van der Waals surface area contributed by atoms with E-state index in [4.69, 9.17) is 5.41 Å². The van der Waals surface area contributed by atoms with Gasteiger partial charge in [-0.1, -0.05) is 0 Å². The Morgan fingerprint density at radius 2 is 2.00 bits per heavy atom. The summed E-state index contributed by atoms with van der Waals surface area (Å²) < 4.78 is 0. The molecule has 0 unspecified atom stereocenters. The molecular weight excluding hydrogens is 45.0 g/mol. The zero-order valence-electron chi connectivity index (χ0n) is 3.71. The van der Waals surface area contributed by atoms with E-state index in [0.29, 0.717) is 0 Å². The normalized spacial score (nSPS) is 2.00. The zero-order valence-corrected chi connectivity index (χ0v) is 2.71. The summed E-state index contributed by atoms with van der Waals surface area (Å²) in [6, 6.07) is 0. The van der Waals surface area contributed by atoms with Gasteiger partial charge in [0.2, 0.25) is 0 Å². The molecule has 0 aliphatic heterocycles. The van der Waals surface area contributed by atoms with E-state index in [1.54, 1.807) is 5.87 Å². The molecule has 0 atom stereocenters. The van der Waals surface area contributed by atoms with Crippen LogP contribution in [0.5, 0.6) is 0 Å². The first-order valence-corrected chi connectivity index (χ1v) is 0.604. The molecule has 0 aromatic carbocycles. The van der Waals surface area contributed by atoms with E-state index in [2.05, 4.69) is 6.58 Å². The number of nitrogens with one attached hydrogen (secondary N) is 1. The quantitative estimate of drug-likeness (QED) is 0.232. The van der Waals surface area contributed by atoms with Gasteiger partial charge < -0.3 is 1.43 Å². The maximum absolute atomic E-state index is 5.85. The van der Waals surface area contributed by atoms with Gasteiger partial charge in [0.25, 0.3) is 0 Å². The fraction of sp³-hybridized carbons (Fsp3) is 0. The number of hydrogen-bond donors (Lipinski definition) is 1. The molecule has 18 valence electrons. The predicted molar refractivity (Wildman–Crippen MR) is 14.5 cm³/mol. The molecule has 0 heterocycles. The first-order chi connectivity index (χ1) is 1.41. The van der Waals surface area contributed by atoms with Gasteiger partial charge in [-0.2, -0.15) is 0 Å². The van der Waals surface area contributed by atoms with Crippen molar-refractivity contribution in [3.63, 3.8) is 0 Å². The Hall–Kier alpha value is 0.0474. The van der Waals surface area contributed by atoms with Crippen molar-refractivity contribution in [3.8, 4) is 0 Å². The summed E-state index contributed by atoms with van der Waals surface area (Å²) in [4.78, 5) is 0. The SMILES string of the molecule is C=C=N.[H-].[Li+]. The Morgan fingerprint density at radius 1 is 2.00 bits per heavy atom. The van der Waals surface area contributed by atoms with Crippen molar-refractivity contribution in [2.24, 2.45) is 0 Å². The van der Waals surface area contributed by atoms with Gasteiger partial charge in [0.15, 0.2) is 0 Å². The molecule has 0 amide bonds. The van der Waals surface area contributed by atoms with Crippen LogP contribution < -0.4 is 18.9 Å². The minimum atomic E-state index is 0. The third-order valence-electron chi connectivity index (χ3n) is 0. The molecule has 4 heavy (non-hydrogen) atoms. The molecule has 0 aliphatic carbocycles. The third kappa shape index (κ3) is 1000. The molecule has 0 aliphatic rings. The molecule has 0 saturated carbocycles. The van der Waals surface area contributed by atoms with Gasteiger partial charge in [-0.05, 0) is 12.4 Å². The fourth-order valence-corrected chi connectivity index (χ4v) is 0. The van der Waals surface area contributed by atoms with Gasteiger partial charge in [0, 0.05) is 0 Å². The number of rotatable bonds is 0. The van der Waals surface area contributed by atoms with Crippen LogP contribution in [0.25, 0.3) is 0 Å². The van der Waals surface area contributed by atoms with Crippen molar-refractivity contribution in [1.82, 2.24) is 0 Å². The topological polar surface area (TPSA) is 23.9 Å². The minimum absolute atomic E-state index is 0. The molecule has 2 heteroatoms. The molecule has 0 rings (SSSR count). The molecule has 0 spiro atoms. The average molecular weight is 49.0 g/mol. The Kier molecular flexibility index (Phi) is 26.1. The van der Waals surface area contributed by atoms with Crippen LogP contribution in [-0.4, -0.2) is 5.87 Å². The minimum Gasteiger partial charge on any atom is -1.00 e. The van der Waals surface area contributed by atoms with Crippen molar-refractivity contribution >= 4 is 5.87 Å². The molecular formula is C2H4LiN. The van der Waals surface area contributed by atoms with Crippen molar-refractivity contribution < 1.29 is 20.3 Å². The van der Waals surface area contributed by atoms with Gasteiger partial charge in [-0.15, -0.1) is 0 Å². The summed E-state index contributed by atoms with van der Waals surface area (Å²) in [5.74, 6) is 1.75. The Morgan fingerprint density at radius 3 is 2.00 bits per heavy atom. The van der Waals surface area contributed by atoms with Crippen molar-refractivity contribution in [2.45, 2.75) is 0 Å². The molecule has 0 aromatic rings. The standard InChI is InChI=1S/C2H3N.Li.H/c1-2-3;;/h3H,1H2;;/q;+1;-1. The average Bonchev–Trinajstić information content (AvgIpc) is 0.918. The van der Waals surface area contributed by atoms with E-state index in [-0.39, 0.29) is 20.3 Å². The second-order valence-corrected chi connectivity index (χ2v) is 0.177. The summed E-state index contributed by atoms with van der Waals surface area (Å²) >= 11 is 0. The van der Waals surface area contributed by atoms with Gasteiger partial charge in [-0.25, -0.2) is 0 Å². The van der Waals surface area contributed by atoms with E-state index in [1.807, 2.05) is 0 Å². The van der Waals surface area contributed by atoms with E-state index in [1.165, 1.54) is 0 Å². The largest absolute Gasteiger partial charge is 1.00 e. The van der Waals surface area contributed by atoms with Crippen LogP contribution >= 0.6 is 0 Å². The van der Waals surface area contributed by atoms with Crippen molar-refractivity contribution in [2.75, 3.05) is 0 Å². The summed E-state index contributed by atoms with van der Waals surface area (Å²) in [5.41, 5.74) is 0. The monoisotopic (exact) mass is 49.1 g/mol. The Balaban J connectivity index is -0.0000000200. The van der Waals surface area contributed by atoms with Crippen LogP contribution in [0, 0.1) is 5.41 Å². The second kappa shape index (κ2) is 11.6. The van der Waals surface area contributed by atoms with Crippen LogP contribution in [0.2, 0.25) is 0 Å². The number of hydrogen-bond acceptors (Lipinski definition) is 1. The van der Waals surface area contributed by atoms with E-state index >= 15 is 0 Å². The maximum Gasteiger partial charge on any atom is 1.00 e. The van der Waals surface area contributed by atoms with Crippen molar-refractivity contribution in [3.05, 3.63) is 6.58 Å². The Labute approximate surface area is 38.9 Å². The maximum atomic E-state index is 5.85. The molecule has 1 nitrogen and oxygen atoms in total. The van der Waals surface area contributed by atoms with Gasteiger partial charge in [-0.3, -0.25) is 5.41 Å². The zero-order chi connectivity index (χ0) is 2.71. The van der Waals surface area contributed by atoms with Crippen LogP contribution in [0.4, 0.5) is 0 Å². The van der Waals surface area contributed by atoms with E-state index in [0.717, 1.165) is 0 Å². The van der Waals surface area contributed by atoms with Gasteiger partial charge in [0.1, 0.15) is 0 Å². The first-order valence-electron chi connectivity index (χ1n) is 0.604. The summed E-state index contributed by atoms with van der Waals surface area (Å²) in [6.07, 6.45) is 0. The van der Waals surface area contributed by atoms with E-state index < -0.39 is 0 Å². The van der Waals surface area contributed by atoms with Crippen molar-refractivity contribution in [1.29, 1.82) is 5.41 Å². The third-order valence-corrected chi connectivity index (χ3v) is 0. The summed E-state index contributed by atoms with van der Waals surface area (Å²) in [5, 5.41) is 5.85. The second-order valence-electron chi connectivity index (χ2n) is 0.177. The van der Waals surface area contributed by atoms with E-state index in [9.17, 15) is 0 Å². The summed E-state index contributed by atoms with van der Waals surface area (Å²) in [7, 11) is 0. The Bertz CT molecular complexity index is 30.6. The molecule has 0 aromatic heterocycles. The summed E-state index contributed by atoms with van der Waals surface area (Å²) in [6.45, 7) is 2.90. The van der Waals surface area contributed by atoms with Crippen LogP contribution in [0.1, 0.15) is 1.43 Å². The molecule has 0 radical (unpaired) electrons.